The predicted octanol–water partition coefficient (Wildman–Crippen LogP) is 1.92. The highest BCUT2D eigenvalue weighted by molar-refractivity contribution is 6.00. The molecule has 0 bridgehead atoms. The van der Waals surface area contributed by atoms with E-state index in [1.807, 2.05) is 0 Å². The van der Waals surface area contributed by atoms with Crippen LogP contribution in [0.3, 0.4) is 0 Å². The van der Waals surface area contributed by atoms with Gasteiger partial charge in [-0.1, -0.05) is 0 Å². The molecule has 1 rings (SSSR count). The third-order valence-corrected chi connectivity index (χ3v) is 2.02. The Kier molecular flexibility index (Phi) is 2.94. The van der Waals surface area contributed by atoms with E-state index in [9.17, 15) is 19.7 Å². The molecule has 15 heavy (non-hydrogen) atoms. The number of carbonyl (C=O) groups excluding carboxylic acids is 2. The highest BCUT2D eigenvalue weighted by Crippen LogP contribution is 2.24. The molecule has 0 N–H and O–H groups in total. The largest absolute Gasteiger partial charge is 0.298 e. The van der Waals surface area contributed by atoms with Gasteiger partial charge in [-0.25, -0.2) is 0 Å². The lowest BCUT2D eigenvalue weighted by Crippen LogP contribution is -2.03. The second kappa shape index (κ2) is 4.00. The summed E-state index contributed by atoms with van der Waals surface area (Å²) in [7, 11) is 0. The van der Waals surface area contributed by atoms with Gasteiger partial charge in [0.1, 0.15) is 6.29 Å². The molecule has 0 amide bonds. The van der Waals surface area contributed by atoms with Crippen molar-refractivity contribution in [3.63, 3.8) is 0 Å². The monoisotopic (exact) mass is 207 g/mol. The molecule has 1 aromatic rings. The zero-order chi connectivity index (χ0) is 11.6. The lowest BCUT2D eigenvalue weighted by atomic mass is 10.0. The molecule has 78 valence electrons. The second-order valence-electron chi connectivity index (χ2n) is 3.17. The Labute approximate surface area is 85.9 Å². The summed E-state index contributed by atoms with van der Waals surface area (Å²) in [6.07, 6.45) is 0.559. The van der Waals surface area contributed by atoms with Crippen molar-refractivity contribution in [1.82, 2.24) is 0 Å². The number of aldehydes is 1. The van der Waals surface area contributed by atoms with Crippen molar-refractivity contribution in [1.29, 1.82) is 0 Å². The summed E-state index contributed by atoms with van der Waals surface area (Å²) in [5.74, 6) is -0.423. The maximum absolute atomic E-state index is 11.2. The van der Waals surface area contributed by atoms with E-state index in [1.54, 1.807) is 0 Å². The topological polar surface area (TPSA) is 77.3 Å². The van der Waals surface area contributed by atoms with Crippen LogP contribution in [0.25, 0.3) is 0 Å². The van der Waals surface area contributed by atoms with Crippen molar-refractivity contribution in [2.45, 2.75) is 13.8 Å². The Morgan fingerprint density at radius 3 is 2.47 bits per heavy atom. The number of aryl methyl sites for hydroxylation is 1. The maximum atomic E-state index is 11.2. The van der Waals surface area contributed by atoms with Gasteiger partial charge in [-0.3, -0.25) is 19.7 Å². The SMILES string of the molecule is CC(=O)c1cc(C=O)cc(C)c1[N+](=O)[O-]. The Hall–Kier alpha value is -2.04. The standard InChI is InChI=1S/C10H9NO4/c1-6-3-8(5-12)4-9(7(2)13)10(6)11(14)15/h3-5H,1-2H3. The molecular formula is C10H9NO4. The molecule has 5 heteroatoms. The van der Waals surface area contributed by atoms with Gasteiger partial charge in [-0.15, -0.1) is 0 Å². The van der Waals surface area contributed by atoms with Gasteiger partial charge in [0.15, 0.2) is 5.78 Å². The van der Waals surface area contributed by atoms with Crippen LogP contribution in [0.5, 0.6) is 0 Å². The fourth-order valence-electron chi connectivity index (χ4n) is 1.39. The quantitative estimate of drug-likeness (QED) is 0.328. The molecule has 0 aliphatic carbocycles. The van der Waals surface area contributed by atoms with Gasteiger partial charge in [-0.05, 0) is 26.0 Å². The van der Waals surface area contributed by atoms with E-state index >= 15 is 0 Å². The number of nitrogens with zero attached hydrogens (tertiary/aromatic N) is 1. The molecule has 0 saturated carbocycles. The Bertz CT molecular complexity index is 451. The Balaban J connectivity index is 3.56. The summed E-state index contributed by atoms with van der Waals surface area (Å²) in [6, 6.07) is 2.62. The van der Waals surface area contributed by atoms with Crippen molar-refractivity contribution < 1.29 is 14.5 Å². The first-order chi connectivity index (χ1) is 6.97. The van der Waals surface area contributed by atoms with Crippen LogP contribution < -0.4 is 0 Å². The number of rotatable bonds is 3. The second-order valence-corrected chi connectivity index (χ2v) is 3.17. The van der Waals surface area contributed by atoms with Crippen LogP contribution in [0.15, 0.2) is 12.1 Å². The molecular weight excluding hydrogens is 198 g/mol. The average Bonchev–Trinajstić information content (AvgIpc) is 2.15. The normalized spacial score (nSPS) is 9.73. The molecule has 0 fully saturated rings. The number of benzene rings is 1. The van der Waals surface area contributed by atoms with Gasteiger partial charge in [0.25, 0.3) is 5.69 Å². The molecule has 1 aromatic carbocycles. The van der Waals surface area contributed by atoms with Crippen LogP contribution in [0, 0.1) is 17.0 Å². The molecule has 0 aliphatic heterocycles. The number of nitro groups is 1. The Morgan fingerprint density at radius 2 is 2.07 bits per heavy atom. The summed E-state index contributed by atoms with van der Waals surface area (Å²) in [4.78, 5) is 31.8. The first-order valence-electron chi connectivity index (χ1n) is 4.22. The van der Waals surface area contributed by atoms with Crippen LogP contribution in [0.4, 0.5) is 5.69 Å². The van der Waals surface area contributed by atoms with Crippen LogP contribution in [0.1, 0.15) is 33.2 Å². The minimum Gasteiger partial charge on any atom is -0.298 e. The van der Waals surface area contributed by atoms with E-state index < -0.39 is 10.7 Å². The first kappa shape index (κ1) is 11.0. The summed E-state index contributed by atoms with van der Waals surface area (Å²) >= 11 is 0. The Morgan fingerprint density at radius 1 is 1.47 bits per heavy atom. The van der Waals surface area contributed by atoms with Crippen molar-refractivity contribution in [3.05, 3.63) is 38.9 Å². The zero-order valence-corrected chi connectivity index (χ0v) is 8.31. The number of Topliss-reactive ketones (excluding diaryl/α,β-unsaturated/α-hetero) is 1. The van der Waals surface area contributed by atoms with Crippen molar-refractivity contribution in [2.24, 2.45) is 0 Å². The van der Waals surface area contributed by atoms with Crippen LogP contribution >= 0.6 is 0 Å². The predicted molar refractivity (Wildman–Crippen MR) is 53.2 cm³/mol. The van der Waals surface area contributed by atoms with E-state index in [-0.39, 0.29) is 16.8 Å². The smallest absolute Gasteiger partial charge is 0.283 e. The van der Waals surface area contributed by atoms with Crippen molar-refractivity contribution in [3.8, 4) is 0 Å². The number of carbonyl (C=O) groups is 2. The van der Waals surface area contributed by atoms with Gasteiger partial charge < -0.3 is 0 Å². The third-order valence-electron chi connectivity index (χ3n) is 2.02. The van der Waals surface area contributed by atoms with Gasteiger partial charge in [0.2, 0.25) is 0 Å². The molecule has 0 spiro atoms. The number of nitro benzene ring substituents is 1. The molecule has 0 unspecified atom stereocenters. The molecule has 5 nitrogen and oxygen atoms in total. The minimum absolute atomic E-state index is 0.0258. The summed E-state index contributed by atoms with van der Waals surface area (Å²) in [6.45, 7) is 2.73. The van der Waals surface area contributed by atoms with E-state index in [0.717, 1.165) is 0 Å². The summed E-state index contributed by atoms with van der Waals surface area (Å²) in [5.41, 5.74) is 0.327. The molecule has 0 aromatic heterocycles. The molecule has 0 heterocycles. The lowest BCUT2D eigenvalue weighted by molar-refractivity contribution is -0.385. The number of hydrogen-bond donors (Lipinski definition) is 0. The highest BCUT2D eigenvalue weighted by atomic mass is 16.6. The van der Waals surface area contributed by atoms with Gasteiger partial charge >= 0.3 is 0 Å². The van der Waals surface area contributed by atoms with E-state index in [2.05, 4.69) is 0 Å². The van der Waals surface area contributed by atoms with E-state index in [1.165, 1.54) is 26.0 Å². The lowest BCUT2D eigenvalue weighted by Gasteiger charge is -2.03. The van der Waals surface area contributed by atoms with Gasteiger partial charge in [0, 0.05) is 11.1 Å². The van der Waals surface area contributed by atoms with Gasteiger partial charge in [0.05, 0.1) is 10.5 Å². The van der Waals surface area contributed by atoms with Crippen LogP contribution in [0.2, 0.25) is 0 Å². The van der Waals surface area contributed by atoms with Gasteiger partial charge in [-0.2, -0.15) is 0 Å². The molecule has 0 aliphatic rings. The highest BCUT2D eigenvalue weighted by Gasteiger charge is 2.21. The number of ketones is 1. The third kappa shape index (κ3) is 2.07. The first-order valence-corrected chi connectivity index (χ1v) is 4.22. The summed E-state index contributed by atoms with van der Waals surface area (Å²) in [5, 5.41) is 10.7. The fraction of sp³-hybridized carbons (Fsp3) is 0.200. The zero-order valence-electron chi connectivity index (χ0n) is 8.31. The maximum Gasteiger partial charge on any atom is 0.283 e. The van der Waals surface area contributed by atoms with Crippen LogP contribution in [-0.2, 0) is 0 Å². The molecule has 0 radical (unpaired) electrons. The fourth-order valence-corrected chi connectivity index (χ4v) is 1.39. The molecule has 0 saturated heterocycles. The minimum atomic E-state index is -0.610. The number of hydrogen-bond acceptors (Lipinski definition) is 4. The summed E-state index contributed by atoms with van der Waals surface area (Å²) < 4.78 is 0. The van der Waals surface area contributed by atoms with E-state index in [4.69, 9.17) is 0 Å². The van der Waals surface area contributed by atoms with E-state index in [0.29, 0.717) is 11.8 Å². The average molecular weight is 207 g/mol. The van der Waals surface area contributed by atoms with Crippen molar-refractivity contribution >= 4 is 17.8 Å². The van der Waals surface area contributed by atoms with Crippen LogP contribution in [-0.4, -0.2) is 17.0 Å². The van der Waals surface area contributed by atoms with Crippen molar-refractivity contribution in [2.75, 3.05) is 0 Å². The molecule has 0 atom stereocenters.